The van der Waals surface area contributed by atoms with Crippen LogP contribution in [-0.2, 0) is 5.41 Å². The summed E-state index contributed by atoms with van der Waals surface area (Å²) in [6.07, 6.45) is -5.01. The van der Waals surface area contributed by atoms with Gasteiger partial charge < -0.3 is 10.2 Å². The summed E-state index contributed by atoms with van der Waals surface area (Å²) < 4.78 is 45.0. The normalized spacial score (nSPS) is 15.0. The summed E-state index contributed by atoms with van der Waals surface area (Å²) in [6, 6.07) is 17.4. The van der Waals surface area contributed by atoms with Crippen LogP contribution in [0.15, 0.2) is 84.9 Å². The number of nitrogens with zero attached hydrogens (tertiary/aromatic N) is 2. The third kappa shape index (κ3) is 3.63. The highest BCUT2D eigenvalue weighted by molar-refractivity contribution is 6.35. The summed E-state index contributed by atoms with van der Waals surface area (Å²) in [4.78, 5) is 53.4. The molecule has 0 saturated carbocycles. The third-order valence-electron chi connectivity index (χ3n) is 7.74. The van der Waals surface area contributed by atoms with Crippen molar-refractivity contribution in [3.63, 3.8) is 0 Å². The van der Waals surface area contributed by atoms with E-state index in [9.17, 15) is 29.4 Å². The summed E-state index contributed by atoms with van der Waals surface area (Å²) in [5.41, 5.74) is -4.54. The molecule has 0 unspecified atom stereocenters. The van der Waals surface area contributed by atoms with Crippen molar-refractivity contribution in [3.8, 4) is 11.5 Å². The Morgan fingerprint density at radius 1 is 0.548 bits per heavy atom. The maximum absolute atomic E-state index is 15.0. The molecule has 0 saturated heterocycles. The number of halogens is 3. The van der Waals surface area contributed by atoms with Crippen LogP contribution in [0.25, 0.3) is 0 Å². The van der Waals surface area contributed by atoms with Gasteiger partial charge in [0.15, 0.2) is 0 Å². The van der Waals surface area contributed by atoms with E-state index >= 15 is 13.2 Å². The number of carbonyl (C=O) groups excluding carboxylic acids is 4. The summed E-state index contributed by atoms with van der Waals surface area (Å²) >= 11 is 0. The van der Waals surface area contributed by atoms with Crippen molar-refractivity contribution >= 4 is 35.0 Å². The maximum Gasteiger partial charge on any atom is 0.402 e. The first kappa shape index (κ1) is 26.8. The van der Waals surface area contributed by atoms with E-state index in [2.05, 4.69) is 0 Å². The van der Waals surface area contributed by atoms with Crippen LogP contribution >= 0.6 is 0 Å². The first-order chi connectivity index (χ1) is 19.9. The van der Waals surface area contributed by atoms with E-state index in [1.807, 2.05) is 0 Å². The Balaban J connectivity index is 1.49. The zero-order valence-corrected chi connectivity index (χ0v) is 21.6. The molecule has 8 nitrogen and oxygen atoms in total. The monoisotopic (exact) mass is 572 g/mol. The van der Waals surface area contributed by atoms with Gasteiger partial charge in [-0.2, -0.15) is 13.2 Å². The molecule has 2 aliphatic heterocycles. The lowest BCUT2D eigenvalue weighted by Crippen LogP contribution is -2.41. The van der Waals surface area contributed by atoms with Gasteiger partial charge in [-0.05, 0) is 66.6 Å². The number of alkyl halides is 3. The predicted molar refractivity (Wildman–Crippen MR) is 144 cm³/mol. The number of imide groups is 2. The summed E-state index contributed by atoms with van der Waals surface area (Å²) in [5, 5.41) is 21.2. The van der Waals surface area contributed by atoms with Gasteiger partial charge in [-0.3, -0.25) is 19.2 Å². The second-order valence-electron chi connectivity index (χ2n) is 10.0. The van der Waals surface area contributed by atoms with Crippen molar-refractivity contribution in [2.45, 2.75) is 18.5 Å². The van der Waals surface area contributed by atoms with Gasteiger partial charge in [-0.25, -0.2) is 9.80 Å². The van der Waals surface area contributed by atoms with Crippen LogP contribution in [0.2, 0.25) is 0 Å². The fourth-order valence-corrected chi connectivity index (χ4v) is 5.34. The topological polar surface area (TPSA) is 115 Å². The van der Waals surface area contributed by atoms with E-state index in [0.717, 1.165) is 43.3 Å². The van der Waals surface area contributed by atoms with Gasteiger partial charge in [-0.15, -0.1) is 0 Å². The molecule has 11 heteroatoms. The Morgan fingerprint density at radius 2 is 0.857 bits per heavy atom. The Labute approximate surface area is 235 Å². The minimum absolute atomic E-state index is 0.0370. The van der Waals surface area contributed by atoms with Crippen molar-refractivity contribution in [3.05, 3.63) is 118 Å². The number of aromatic hydroxyl groups is 2. The lowest BCUT2D eigenvalue weighted by atomic mass is 9.75. The maximum atomic E-state index is 15.0. The summed E-state index contributed by atoms with van der Waals surface area (Å²) in [5.74, 6) is -4.45. The van der Waals surface area contributed by atoms with E-state index in [-0.39, 0.29) is 22.3 Å². The molecule has 0 atom stereocenters. The second-order valence-corrected chi connectivity index (χ2v) is 10.0. The van der Waals surface area contributed by atoms with E-state index in [1.54, 1.807) is 0 Å². The molecule has 0 radical (unpaired) electrons. The lowest BCUT2D eigenvalue weighted by Gasteiger charge is -2.34. The van der Waals surface area contributed by atoms with Gasteiger partial charge in [0.05, 0.1) is 33.6 Å². The number of phenols is 2. The smallest absolute Gasteiger partial charge is 0.402 e. The van der Waals surface area contributed by atoms with Crippen LogP contribution in [-0.4, -0.2) is 40.0 Å². The number of carbonyl (C=O) groups is 4. The SMILES string of the molecule is CC(c1ccc(O)c(N2C(=O)c3ccccc3C2=O)c1)(c1ccc(O)c(N2C(=O)c3ccccc3C2=O)c1)C(F)(F)F. The Bertz CT molecular complexity index is 1670. The first-order valence-corrected chi connectivity index (χ1v) is 12.6. The standard InChI is InChI=1S/C31H19F3N2O6/c1-30(31(32,33)34,16-10-12-24(37)22(14-16)35-26(39)18-6-2-3-7-19(18)27(35)40)17-11-13-25(38)23(15-17)36-28(41)20-8-4-5-9-21(20)29(36)42/h2-15,37-38H,1H3. The Morgan fingerprint density at radius 3 is 1.14 bits per heavy atom. The highest BCUT2D eigenvalue weighted by atomic mass is 19.4. The highest BCUT2D eigenvalue weighted by Crippen LogP contribution is 2.50. The number of fused-ring (bicyclic) bond motifs is 2. The molecule has 210 valence electrons. The molecule has 0 bridgehead atoms. The average Bonchev–Trinajstić information content (AvgIpc) is 3.37. The summed E-state index contributed by atoms with van der Waals surface area (Å²) in [6.45, 7) is 0.837. The van der Waals surface area contributed by atoms with Crippen LogP contribution in [0, 0.1) is 0 Å². The largest absolute Gasteiger partial charge is 0.506 e. The van der Waals surface area contributed by atoms with Crippen LogP contribution in [0.4, 0.5) is 24.5 Å². The zero-order valence-electron chi connectivity index (χ0n) is 21.6. The minimum atomic E-state index is -5.01. The van der Waals surface area contributed by atoms with Gasteiger partial charge in [0.2, 0.25) is 0 Å². The van der Waals surface area contributed by atoms with Crippen molar-refractivity contribution in [1.82, 2.24) is 0 Å². The number of rotatable bonds is 4. The second kappa shape index (κ2) is 9.03. The number of hydrogen-bond acceptors (Lipinski definition) is 6. The van der Waals surface area contributed by atoms with Crippen molar-refractivity contribution in [2.75, 3.05) is 9.80 Å². The zero-order chi connectivity index (χ0) is 30.1. The van der Waals surface area contributed by atoms with E-state index in [4.69, 9.17) is 0 Å². The van der Waals surface area contributed by atoms with E-state index in [0.29, 0.717) is 9.80 Å². The van der Waals surface area contributed by atoms with Crippen molar-refractivity contribution < 1.29 is 42.6 Å². The van der Waals surface area contributed by atoms with Gasteiger partial charge >= 0.3 is 6.18 Å². The Hall–Kier alpha value is -5.45. The van der Waals surface area contributed by atoms with E-state index < -0.39 is 69.2 Å². The molecule has 4 aromatic rings. The molecule has 42 heavy (non-hydrogen) atoms. The molecular formula is C31H19F3N2O6. The fraction of sp³-hybridized carbons (Fsp3) is 0.0968. The first-order valence-electron chi connectivity index (χ1n) is 12.6. The van der Waals surface area contributed by atoms with Gasteiger partial charge in [0, 0.05) is 0 Å². The molecule has 4 aromatic carbocycles. The molecule has 0 fully saturated rings. The molecular weight excluding hydrogens is 553 g/mol. The number of hydrogen-bond donors (Lipinski definition) is 2. The van der Waals surface area contributed by atoms with Crippen molar-refractivity contribution in [1.29, 1.82) is 0 Å². The Kier molecular flexibility index (Phi) is 5.75. The van der Waals surface area contributed by atoms with E-state index in [1.165, 1.54) is 48.5 Å². The van der Waals surface area contributed by atoms with Gasteiger partial charge in [0.1, 0.15) is 16.9 Å². The van der Waals surface area contributed by atoms with Crippen LogP contribution in [0.3, 0.4) is 0 Å². The average molecular weight is 572 g/mol. The van der Waals surface area contributed by atoms with Crippen LogP contribution < -0.4 is 9.80 Å². The minimum Gasteiger partial charge on any atom is -0.506 e. The molecule has 2 heterocycles. The molecule has 0 aromatic heterocycles. The predicted octanol–water partition coefficient (Wildman–Crippen LogP) is 5.57. The molecule has 2 N–H and O–H groups in total. The summed E-state index contributed by atoms with van der Waals surface area (Å²) in [7, 11) is 0. The molecule has 0 spiro atoms. The van der Waals surface area contributed by atoms with Gasteiger partial charge in [0.25, 0.3) is 23.6 Å². The molecule has 0 aliphatic carbocycles. The molecule has 4 amide bonds. The number of phenolic OH excluding ortho intramolecular Hbond substituents is 2. The number of anilines is 2. The quantitative estimate of drug-likeness (QED) is 0.309. The molecule has 2 aliphatic rings. The third-order valence-corrected chi connectivity index (χ3v) is 7.74. The van der Waals surface area contributed by atoms with Crippen LogP contribution in [0.5, 0.6) is 11.5 Å². The number of amides is 4. The fourth-order valence-electron chi connectivity index (χ4n) is 5.34. The highest BCUT2D eigenvalue weighted by Gasteiger charge is 2.54. The number of benzene rings is 4. The van der Waals surface area contributed by atoms with Crippen molar-refractivity contribution in [2.24, 2.45) is 0 Å². The lowest BCUT2D eigenvalue weighted by molar-refractivity contribution is -0.173. The van der Waals surface area contributed by atoms with Crippen LogP contribution in [0.1, 0.15) is 59.5 Å². The molecule has 6 rings (SSSR count). The van der Waals surface area contributed by atoms with Gasteiger partial charge in [-0.1, -0.05) is 36.4 Å².